The first-order chi connectivity index (χ1) is 11.5. The van der Waals surface area contributed by atoms with Gasteiger partial charge in [0.2, 0.25) is 11.8 Å². The number of para-hydroxylation sites is 2. The number of nitrogens with one attached hydrogen (secondary N) is 1. The zero-order valence-corrected chi connectivity index (χ0v) is 15.0. The van der Waals surface area contributed by atoms with Crippen molar-refractivity contribution in [1.29, 1.82) is 0 Å². The molecule has 0 aliphatic rings. The molecule has 2 aromatic rings. The van der Waals surface area contributed by atoms with Gasteiger partial charge in [-0.05, 0) is 24.6 Å². The molecule has 0 aromatic heterocycles. The zero-order chi connectivity index (χ0) is 17.5. The second-order valence-corrected chi connectivity index (χ2v) is 6.85. The molecular weight excluding hydrogens is 320 g/mol. The lowest BCUT2D eigenvalue weighted by molar-refractivity contribution is -0.116. The average molecular weight is 342 g/mol. The van der Waals surface area contributed by atoms with Gasteiger partial charge < -0.3 is 10.2 Å². The maximum atomic E-state index is 12.4. The summed E-state index contributed by atoms with van der Waals surface area (Å²) in [5.41, 5.74) is 2.53. The van der Waals surface area contributed by atoms with Crippen LogP contribution >= 0.6 is 11.8 Å². The normalized spacial score (nSPS) is 11.6. The lowest BCUT2D eigenvalue weighted by Gasteiger charge is -2.20. The standard InChI is InChI=1S/C19H22N2O2S/c1-14(24-13-16-9-5-4-6-10-16)19(23)20-17-11-7-8-12-18(17)21(3)15(2)22/h4-12,14H,13H2,1-3H3,(H,20,23). The molecule has 0 saturated carbocycles. The molecule has 2 rings (SSSR count). The third-order valence-electron chi connectivity index (χ3n) is 3.71. The minimum Gasteiger partial charge on any atom is -0.323 e. The summed E-state index contributed by atoms with van der Waals surface area (Å²) in [6.07, 6.45) is 0. The van der Waals surface area contributed by atoms with E-state index >= 15 is 0 Å². The van der Waals surface area contributed by atoms with E-state index in [1.165, 1.54) is 17.4 Å². The Balaban J connectivity index is 2.00. The van der Waals surface area contributed by atoms with Gasteiger partial charge in [-0.25, -0.2) is 0 Å². The van der Waals surface area contributed by atoms with Crippen molar-refractivity contribution in [2.75, 3.05) is 17.3 Å². The summed E-state index contributed by atoms with van der Waals surface area (Å²) >= 11 is 1.58. The van der Waals surface area contributed by atoms with Crippen LogP contribution in [0.4, 0.5) is 11.4 Å². The van der Waals surface area contributed by atoms with Gasteiger partial charge in [-0.1, -0.05) is 42.5 Å². The van der Waals surface area contributed by atoms with Crippen molar-refractivity contribution in [3.63, 3.8) is 0 Å². The smallest absolute Gasteiger partial charge is 0.237 e. The van der Waals surface area contributed by atoms with Crippen LogP contribution < -0.4 is 10.2 Å². The molecule has 126 valence electrons. The number of benzene rings is 2. The van der Waals surface area contributed by atoms with Gasteiger partial charge in [0.05, 0.1) is 16.6 Å². The van der Waals surface area contributed by atoms with E-state index in [1.807, 2.05) is 43.3 Å². The van der Waals surface area contributed by atoms with Gasteiger partial charge in [-0.3, -0.25) is 9.59 Å². The molecule has 1 unspecified atom stereocenters. The molecule has 0 radical (unpaired) electrons. The number of carbonyl (C=O) groups is 2. The maximum absolute atomic E-state index is 12.4. The molecule has 0 bridgehead atoms. The highest BCUT2D eigenvalue weighted by Gasteiger charge is 2.17. The van der Waals surface area contributed by atoms with Crippen molar-refractivity contribution in [3.05, 3.63) is 60.2 Å². The molecule has 0 heterocycles. The van der Waals surface area contributed by atoms with Crippen molar-refractivity contribution in [1.82, 2.24) is 0 Å². The van der Waals surface area contributed by atoms with Crippen LogP contribution in [0.25, 0.3) is 0 Å². The number of amides is 2. The summed E-state index contributed by atoms with van der Waals surface area (Å²) < 4.78 is 0. The van der Waals surface area contributed by atoms with Crippen LogP contribution in [-0.2, 0) is 15.3 Å². The van der Waals surface area contributed by atoms with Crippen molar-refractivity contribution in [2.24, 2.45) is 0 Å². The topological polar surface area (TPSA) is 49.4 Å². The third kappa shape index (κ3) is 4.86. The summed E-state index contributed by atoms with van der Waals surface area (Å²) in [6.45, 7) is 3.39. The molecule has 4 nitrogen and oxygen atoms in total. The van der Waals surface area contributed by atoms with E-state index in [0.717, 1.165) is 5.75 Å². The average Bonchev–Trinajstić information content (AvgIpc) is 2.60. The first-order valence-electron chi connectivity index (χ1n) is 7.78. The Bertz CT molecular complexity index is 704. The van der Waals surface area contributed by atoms with E-state index in [9.17, 15) is 9.59 Å². The summed E-state index contributed by atoms with van der Waals surface area (Å²) in [4.78, 5) is 25.6. The molecular formula is C19H22N2O2S. The van der Waals surface area contributed by atoms with Gasteiger partial charge in [-0.2, -0.15) is 0 Å². The molecule has 0 fully saturated rings. The van der Waals surface area contributed by atoms with Crippen molar-refractivity contribution in [2.45, 2.75) is 24.9 Å². The highest BCUT2D eigenvalue weighted by Crippen LogP contribution is 2.26. The fourth-order valence-corrected chi connectivity index (χ4v) is 2.99. The van der Waals surface area contributed by atoms with E-state index in [4.69, 9.17) is 0 Å². The molecule has 2 aromatic carbocycles. The van der Waals surface area contributed by atoms with Crippen molar-refractivity contribution < 1.29 is 9.59 Å². The predicted molar refractivity (Wildman–Crippen MR) is 101 cm³/mol. The van der Waals surface area contributed by atoms with Crippen LogP contribution in [0.3, 0.4) is 0 Å². The quantitative estimate of drug-likeness (QED) is 0.865. The number of anilines is 2. The Hall–Kier alpha value is -2.27. The van der Waals surface area contributed by atoms with Crippen molar-refractivity contribution >= 4 is 35.0 Å². The van der Waals surface area contributed by atoms with E-state index < -0.39 is 0 Å². The van der Waals surface area contributed by atoms with Crippen LogP contribution in [0.5, 0.6) is 0 Å². The first-order valence-corrected chi connectivity index (χ1v) is 8.83. The number of carbonyl (C=O) groups excluding carboxylic acids is 2. The molecule has 0 aliphatic carbocycles. The molecule has 1 atom stereocenters. The number of rotatable bonds is 6. The van der Waals surface area contributed by atoms with Crippen LogP contribution in [0.2, 0.25) is 0 Å². The number of thioether (sulfide) groups is 1. The van der Waals surface area contributed by atoms with E-state index in [2.05, 4.69) is 17.4 Å². The summed E-state index contributed by atoms with van der Waals surface area (Å²) in [7, 11) is 1.70. The van der Waals surface area contributed by atoms with Gasteiger partial charge >= 0.3 is 0 Å². The van der Waals surface area contributed by atoms with Crippen LogP contribution in [0.1, 0.15) is 19.4 Å². The Kier molecular flexibility index (Phi) is 6.44. The molecule has 5 heteroatoms. The minimum absolute atomic E-state index is 0.0691. The molecule has 0 saturated heterocycles. The molecule has 0 aliphatic heterocycles. The molecule has 2 amide bonds. The number of hydrogen-bond acceptors (Lipinski definition) is 3. The summed E-state index contributed by atoms with van der Waals surface area (Å²) in [5, 5.41) is 2.74. The Labute approximate surface area is 147 Å². The summed E-state index contributed by atoms with van der Waals surface area (Å²) in [6, 6.07) is 17.4. The van der Waals surface area contributed by atoms with E-state index in [-0.39, 0.29) is 17.1 Å². The zero-order valence-electron chi connectivity index (χ0n) is 14.2. The van der Waals surface area contributed by atoms with Crippen LogP contribution in [0, 0.1) is 0 Å². The van der Waals surface area contributed by atoms with E-state index in [1.54, 1.807) is 24.9 Å². The fraction of sp³-hybridized carbons (Fsp3) is 0.263. The highest BCUT2D eigenvalue weighted by molar-refractivity contribution is 7.99. The van der Waals surface area contributed by atoms with Crippen LogP contribution in [0.15, 0.2) is 54.6 Å². The number of hydrogen-bond donors (Lipinski definition) is 1. The Morgan fingerprint density at radius 1 is 1.08 bits per heavy atom. The molecule has 0 spiro atoms. The Morgan fingerprint density at radius 3 is 2.38 bits per heavy atom. The second-order valence-electron chi connectivity index (χ2n) is 5.52. The van der Waals surface area contributed by atoms with Crippen LogP contribution in [-0.4, -0.2) is 24.1 Å². The first kappa shape index (κ1) is 18.1. The number of nitrogens with zero attached hydrogens (tertiary/aromatic N) is 1. The maximum Gasteiger partial charge on any atom is 0.237 e. The molecule has 1 N–H and O–H groups in total. The molecule has 24 heavy (non-hydrogen) atoms. The van der Waals surface area contributed by atoms with Gasteiger partial charge in [0.1, 0.15) is 0 Å². The van der Waals surface area contributed by atoms with Gasteiger partial charge in [0.15, 0.2) is 0 Å². The predicted octanol–water partition coefficient (Wildman–Crippen LogP) is 3.93. The lowest BCUT2D eigenvalue weighted by Crippen LogP contribution is -2.27. The largest absolute Gasteiger partial charge is 0.323 e. The van der Waals surface area contributed by atoms with Crippen molar-refractivity contribution in [3.8, 4) is 0 Å². The highest BCUT2D eigenvalue weighted by atomic mass is 32.2. The second kappa shape index (κ2) is 8.55. The lowest BCUT2D eigenvalue weighted by atomic mass is 10.2. The third-order valence-corrected chi connectivity index (χ3v) is 4.92. The van der Waals surface area contributed by atoms with Gasteiger partial charge in [-0.15, -0.1) is 11.8 Å². The van der Waals surface area contributed by atoms with Gasteiger partial charge in [0, 0.05) is 19.7 Å². The van der Waals surface area contributed by atoms with E-state index in [0.29, 0.717) is 11.4 Å². The fourth-order valence-electron chi connectivity index (χ4n) is 2.15. The van der Waals surface area contributed by atoms with Gasteiger partial charge in [0.25, 0.3) is 0 Å². The SMILES string of the molecule is CC(=O)N(C)c1ccccc1NC(=O)C(C)SCc1ccccc1. The minimum atomic E-state index is -0.194. The monoisotopic (exact) mass is 342 g/mol. The summed E-state index contributed by atoms with van der Waals surface area (Å²) in [5.74, 6) is 0.633. The Morgan fingerprint density at radius 2 is 1.71 bits per heavy atom.